The van der Waals surface area contributed by atoms with Gasteiger partial charge in [0, 0.05) is 19.3 Å². The summed E-state index contributed by atoms with van der Waals surface area (Å²) in [6.45, 7) is 6.43. The molecule has 0 aliphatic rings. The minimum absolute atomic E-state index is 0.0933. The standard InChI is InChI=1S/C55H94O6/c1-4-7-10-13-16-19-21-23-25-26-27-28-30-31-33-36-39-42-45-48-54(57)60-51-52(50-59-53(56)47-44-41-38-35-18-15-12-9-6-3)61-55(58)49-46-43-40-37-34-32-29-24-22-20-17-14-11-8-5-2/h7,10,16,19-20,22-23,25,27-28,35,38,52H,4-6,8-9,11-15,17-18,21,24,26,29-34,36-37,39-51H2,1-3H3/b10-7-,19-16-,22-20-,25-23-,28-27-,38-35-. The molecule has 0 saturated heterocycles. The van der Waals surface area contributed by atoms with Crippen LogP contribution >= 0.6 is 0 Å². The van der Waals surface area contributed by atoms with Gasteiger partial charge in [0.1, 0.15) is 13.2 Å². The Labute approximate surface area is 376 Å². The van der Waals surface area contributed by atoms with E-state index in [9.17, 15) is 14.4 Å². The summed E-state index contributed by atoms with van der Waals surface area (Å²) in [5, 5.41) is 0. The van der Waals surface area contributed by atoms with Gasteiger partial charge in [-0.1, -0.05) is 190 Å². The Morgan fingerprint density at radius 1 is 0.344 bits per heavy atom. The second kappa shape index (κ2) is 49.5. The zero-order valence-corrected chi connectivity index (χ0v) is 39.9. The molecule has 6 nitrogen and oxygen atoms in total. The van der Waals surface area contributed by atoms with Crippen molar-refractivity contribution in [2.45, 2.75) is 245 Å². The van der Waals surface area contributed by atoms with E-state index in [4.69, 9.17) is 14.2 Å². The van der Waals surface area contributed by atoms with Crippen molar-refractivity contribution in [1.82, 2.24) is 0 Å². The molecule has 0 radical (unpaired) electrons. The minimum Gasteiger partial charge on any atom is -0.462 e. The first-order chi connectivity index (χ1) is 30.0. The highest BCUT2D eigenvalue weighted by atomic mass is 16.6. The molecule has 0 rings (SSSR count). The summed E-state index contributed by atoms with van der Waals surface area (Å²) in [5.41, 5.74) is 0. The van der Waals surface area contributed by atoms with Crippen LogP contribution in [0.1, 0.15) is 239 Å². The van der Waals surface area contributed by atoms with Crippen molar-refractivity contribution >= 4 is 17.9 Å². The van der Waals surface area contributed by atoms with Crippen molar-refractivity contribution in [2.24, 2.45) is 0 Å². The molecule has 6 heteroatoms. The van der Waals surface area contributed by atoms with Crippen molar-refractivity contribution < 1.29 is 28.6 Å². The number of ether oxygens (including phenoxy) is 3. The molecule has 0 aromatic rings. The Bertz CT molecular complexity index is 1160. The van der Waals surface area contributed by atoms with Crippen LogP contribution in [-0.4, -0.2) is 37.2 Å². The Balaban J connectivity index is 4.37. The van der Waals surface area contributed by atoms with Crippen LogP contribution in [0.3, 0.4) is 0 Å². The van der Waals surface area contributed by atoms with Crippen LogP contribution in [0, 0.1) is 0 Å². The molecule has 0 aliphatic heterocycles. The van der Waals surface area contributed by atoms with E-state index in [0.29, 0.717) is 25.7 Å². The monoisotopic (exact) mass is 851 g/mol. The van der Waals surface area contributed by atoms with Gasteiger partial charge in [-0.2, -0.15) is 0 Å². The van der Waals surface area contributed by atoms with E-state index < -0.39 is 6.10 Å². The number of unbranched alkanes of at least 4 members (excludes halogenated alkanes) is 22. The molecule has 0 aromatic heterocycles. The normalized spacial score (nSPS) is 12.6. The van der Waals surface area contributed by atoms with Gasteiger partial charge in [-0.05, 0) is 103 Å². The number of hydrogen-bond acceptors (Lipinski definition) is 6. The highest BCUT2D eigenvalue weighted by molar-refractivity contribution is 5.71. The maximum absolute atomic E-state index is 12.8. The first-order valence-electron chi connectivity index (χ1n) is 25.4. The zero-order chi connectivity index (χ0) is 44.4. The van der Waals surface area contributed by atoms with Crippen LogP contribution in [0.5, 0.6) is 0 Å². The third kappa shape index (κ3) is 47.7. The lowest BCUT2D eigenvalue weighted by Crippen LogP contribution is -2.30. The van der Waals surface area contributed by atoms with Gasteiger partial charge < -0.3 is 14.2 Å². The maximum atomic E-state index is 12.8. The third-order valence-corrected chi connectivity index (χ3v) is 10.7. The molecular weight excluding hydrogens is 757 g/mol. The molecule has 0 fully saturated rings. The summed E-state index contributed by atoms with van der Waals surface area (Å²) >= 11 is 0. The van der Waals surface area contributed by atoms with E-state index in [1.54, 1.807) is 0 Å². The van der Waals surface area contributed by atoms with Gasteiger partial charge in [-0.3, -0.25) is 14.4 Å². The molecule has 1 atom stereocenters. The van der Waals surface area contributed by atoms with Gasteiger partial charge >= 0.3 is 17.9 Å². The smallest absolute Gasteiger partial charge is 0.306 e. The topological polar surface area (TPSA) is 78.9 Å². The van der Waals surface area contributed by atoms with Crippen LogP contribution in [0.15, 0.2) is 72.9 Å². The van der Waals surface area contributed by atoms with Gasteiger partial charge in [0.25, 0.3) is 0 Å². The molecular formula is C55H94O6. The second-order valence-corrected chi connectivity index (χ2v) is 16.7. The predicted molar refractivity (Wildman–Crippen MR) is 261 cm³/mol. The fourth-order valence-corrected chi connectivity index (χ4v) is 6.84. The molecule has 0 aromatic carbocycles. The van der Waals surface area contributed by atoms with Crippen molar-refractivity contribution in [1.29, 1.82) is 0 Å². The fraction of sp³-hybridized carbons (Fsp3) is 0.727. The van der Waals surface area contributed by atoms with Crippen molar-refractivity contribution in [3.8, 4) is 0 Å². The SMILES string of the molecule is CC/C=C\C/C=C\C/C=C\C/C=C\CCCCCCCCC(=O)OCC(COC(=O)CCC/C=C\CCCCCC)OC(=O)CCCCCCCCC/C=C\CCCCCC. The van der Waals surface area contributed by atoms with E-state index in [0.717, 1.165) is 83.5 Å². The zero-order valence-electron chi connectivity index (χ0n) is 39.9. The molecule has 0 bridgehead atoms. The quantitative estimate of drug-likeness (QED) is 0.0263. The van der Waals surface area contributed by atoms with Gasteiger partial charge in [-0.25, -0.2) is 0 Å². The van der Waals surface area contributed by atoms with Gasteiger partial charge in [-0.15, -0.1) is 0 Å². The average molecular weight is 851 g/mol. The maximum Gasteiger partial charge on any atom is 0.306 e. The van der Waals surface area contributed by atoms with Crippen molar-refractivity contribution in [3.63, 3.8) is 0 Å². The second-order valence-electron chi connectivity index (χ2n) is 16.7. The molecule has 0 N–H and O–H groups in total. The van der Waals surface area contributed by atoms with Crippen LogP contribution in [0.25, 0.3) is 0 Å². The highest BCUT2D eigenvalue weighted by Crippen LogP contribution is 2.14. The number of hydrogen-bond donors (Lipinski definition) is 0. The highest BCUT2D eigenvalue weighted by Gasteiger charge is 2.19. The lowest BCUT2D eigenvalue weighted by Gasteiger charge is -2.18. The summed E-state index contributed by atoms with van der Waals surface area (Å²) in [4.78, 5) is 37.8. The average Bonchev–Trinajstić information content (AvgIpc) is 3.26. The predicted octanol–water partition coefficient (Wildman–Crippen LogP) is 16.6. The molecule has 0 heterocycles. The van der Waals surface area contributed by atoms with Crippen LogP contribution in [-0.2, 0) is 28.6 Å². The van der Waals surface area contributed by atoms with E-state index >= 15 is 0 Å². The Kier molecular flexibility index (Phi) is 46.9. The van der Waals surface area contributed by atoms with E-state index in [2.05, 4.69) is 93.7 Å². The van der Waals surface area contributed by atoms with E-state index in [1.165, 1.54) is 109 Å². The molecule has 350 valence electrons. The lowest BCUT2D eigenvalue weighted by atomic mass is 10.1. The Hall–Kier alpha value is -3.15. The number of carbonyl (C=O) groups excluding carboxylic acids is 3. The molecule has 1 unspecified atom stereocenters. The summed E-state index contributed by atoms with van der Waals surface area (Å²) in [5.74, 6) is -0.947. The van der Waals surface area contributed by atoms with Gasteiger partial charge in [0.15, 0.2) is 6.10 Å². The number of allylic oxidation sites excluding steroid dienone is 12. The number of esters is 3. The van der Waals surface area contributed by atoms with Gasteiger partial charge in [0.05, 0.1) is 0 Å². The molecule has 0 spiro atoms. The molecule has 0 amide bonds. The third-order valence-electron chi connectivity index (χ3n) is 10.7. The molecule has 0 aliphatic carbocycles. The van der Waals surface area contributed by atoms with Crippen LogP contribution in [0.2, 0.25) is 0 Å². The molecule has 0 saturated carbocycles. The Morgan fingerprint density at radius 2 is 0.656 bits per heavy atom. The first-order valence-corrected chi connectivity index (χ1v) is 25.4. The fourth-order valence-electron chi connectivity index (χ4n) is 6.84. The summed E-state index contributed by atoms with van der Waals surface area (Å²) in [6, 6.07) is 0. The summed E-state index contributed by atoms with van der Waals surface area (Å²) < 4.78 is 16.7. The summed E-state index contributed by atoms with van der Waals surface area (Å²) in [7, 11) is 0. The Morgan fingerprint density at radius 3 is 1.08 bits per heavy atom. The lowest BCUT2D eigenvalue weighted by molar-refractivity contribution is -0.167. The van der Waals surface area contributed by atoms with Crippen molar-refractivity contribution in [3.05, 3.63) is 72.9 Å². The summed E-state index contributed by atoms with van der Waals surface area (Å²) in [6.07, 6.45) is 61.8. The number of carbonyl (C=O) groups is 3. The van der Waals surface area contributed by atoms with E-state index in [1.807, 2.05) is 0 Å². The first kappa shape index (κ1) is 57.9. The largest absolute Gasteiger partial charge is 0.462 e. The van der Waals surface area contributed by atoms with Crippen LogP contribution in [0.4, 0.5) is 0 Å². The van der Waals surface area contributed by atoms with Crippen molar-refractivity contribution in [2.75, 3.05) is 13.2 Å². The number of rotatable bonds is 45. The van der Waals surface area contributed by atoms with Crippen LogP contribution < -0.4 is 0 Å². The minimum atomic E-state index is -0.793. The molecule has 61 heavy (non-hydrogen) atoms. The van der Waals surface area contributed by atoms with E-state index in [-0.39, 0.29) is 31.1 Å². The van der Waals surface area contributed by atoms with Gasteiger partial charge in [0.2, 0.25) is 0 Å².